The highest BCUT2D eigenvalue weighted by molar-refractivity contribution is 5.78. The van der Waals surface area contributed by atoms with Crippen molar-refractivity contribution in [2.45, 2.75) is 6.10 Å². The van der Waals surface area contributed by atoms with Crippen LogP contribution in [-0.4, -0.2) is 39.0 Å². The lowest BCUT2D eigenvalue weighted by atomic mass is 9.90. The molecule has 1 N–H and O–H groups in total. The smallest absolute Gasteiger partial charge is 0.313 e. The van der Waals surface area contributed by atoms with Crippen molar-refractivity contribution < 1.29 is 28.8 Å². The molecule has 2 atom stereocenters. The third-order valence-corrected chi connectivity index (χ3v) is 4.57. The molecule has 0 spiro atoms. The maximum Gasteiger partial charge on any atom is 0.313 e. The number of carboxylic acids is 1. The van der Waals surface area contributed by atoms with Crippen LogP contribution >= 0.6 is 0 Å². The molecule has 1 heterocycles. The van der Waals surface area contributed by atoms with Crippen molar-refractivity contribution in [1.82, 2.24) is 0 Å². The first-order valence-corrected chi connectivity index (χ1v) is 8.47. The molecule has 3 rings (SSSR count). The van der Waals surface area contributed by atoms with Gasteiger partial charge in [0, 0.05) is 6.07 Å². The Labute approximate surface area is 157 Å². The van der Waals surface area contributed by atoms with Crippen LogP contribution in [0.5, 0.6) is 17.2 Å². The first-order chi connectivity index (χ1) is 13.0. The summed E-state index contributed by atoms with van der Waals surface area (Å²) >= 11 is 0. The summed E-state index contributed by atoms with van der Waals surface area (Å²) in [4.78, 5) is 12.0. The fraction of sp³-hybridized carbons (Fsp3) is 0.286. The number of aliphatic carboxylic acids is 1. The molecule has 0 aromatic heterocycles. The minimum atomic E-state index is -0.931. The van der Waals surface area contributed by atoms with Gasteiger partial charge in [0.2, 0.25) is 0 Å². The van der Waals surface area contributed by atoms with Crippen molar-refractivity contribution in [2.75, 3.05) is 27.9 Å². The van der Waals surface area contributed by atoms with E-state index in [1.54, 1.807) is 39.5 Å². The molecule has 0 saturated carbocycles. The van der Waals surface area contributed by atoms with Crippen LogP contribution in [0.1, 0.15) is 17.2 Å². The first kappa shape index (κ1) is 18.8. The highest BCUT2D eigenvalue weighted by Gasteiger charge is 2.39. The van der Waals surface area contributed by atoms with Crippen LogP contribution in [0.15, 0.2) is 48.0 Å². The zero-order valence-electron chi connectivity index (χ0n) is 15.5. The average Bonchev–Trinajstić information content (AvgIpc) is 3.12. The summed E-state index contributed by atoms with van der Waals surface area (Å²) in [5.74, 6) is 0.202. The van der Waals surface area contributed by atoms with Gasteiger partial charge in [-0.05, 0) is 41.0 Å². The summed E-state index contributed by atoms with van der Waals surface area (Å²) < 4.78 is 21.6. The predicted molar refractivity (Wildman–Crippen MR) is 100 cm³/mol. The van der Waals surface area contributed by atoms with Crippen LogP contribution in [0.4, 0.5) is 0 Å². The summed E-state index contributed by atoms with van der Waals surface area (Å²) in [6.45, 7) is 0.243. The van der Waals surface area contributed by atoms with Crippen LogP contribution in [0, 0.1) is 5.92 Å². The third kappa shape index (κ3) is 4.06. The lowest BCUT2D eigenvalue weighted by molar-refractivity contribution is -0.142. The van der Waals surface area contributed by atoms with Crippen molar-refractivity contribution in [1.29, 1.82) is 0 Å². The van der Waals surface area contributed by atoms with Gasteiger partial charge in [-0.25, -0.2) is 0 Å². The quantitative estimate of drug-likeness (QED) is 0.838. The molecule has 0 amide bonds. The van der Waals surface area contributed by atoms with E-state index >= 15 is 0 Å². The van der Waals surface area contributed by atoms with E-state index < -0.39 is 18.0 Å². The van der Waals surface area contributed by atoms with Gasteiger partial charge in [-0.3, -0.25) is 4.79 Å². The highest BCUT2D eigenvalue weighted by Crippen LogP contribution is 2.41. The number of rotatable bonds is 6. The predicted octanol–water partition coefficient (Wildman–Crippen LogP) is 3.57. The zero-order valence-corrected chi connectivity index (χ0v) is 15.5. The Morgan fingerprint density at radius 3 is 2.11 bits per heavy atom. The molecule has 6 heteroatoms. The van der Waals surface area contributed by atoms with Gasteiger partial charge >= 0.3 is 5.97 Å². The van der Waals surface area contributed by atoms with Crippen molar-refractivity contribution in [3.05, 3.63) is 59.2 Å². The fourth-order valence-corrected chi connectivity index (χ4v) is 3.18. The highest BCUT2D eigenvalue weighted by atomic mass is 16.5. The molecule has 2 aromatic carbocycles. The molecule has 1 aliphatic rings. The molecule has 1 saturated heterocycles. The molecule has 2 aromatic rings. The van der Waals surface area contributed by atoms with E-state index in [2.05, 4.69) is 0 Å². The van der Waals surface area contributed by atoms with E-state index in [0.717, 1.165) is 11.3 Å². The van der Waals surface area contributed by atoms with Gasteiger partial charge in [-0.1, -0.05) is 18.2 Å². The monoisotopic (exact) mass is 370 g/mol. The lowest BCUT2D eigenvalue weighted by Gasteiger charge is -2.17. The standard InChI is InChI=1S/C21H22O6/c1-24-16-6-4-13(5-7-16)8-15-12-27-20(19(15)21(22)23)14-9-17(25-2)11-18(10-14)26-3/h4-11,19-20H,12H2,1-3H3,(H,22,23)/b15-8+/t19-,20+/m0/s1. The molecular weight excluding hydrogens is 348 g/mol. The second-order valence-electron chi connectivity index (χ2n) is 6.19. The van der Waals surface area contributed by atoms with Gasteiger partial charge < -0.3 is 24.1 Å². The summed E-state index contributed by atoms with van der Waals surface area (Å²) in [7, 11) is 4.71. The molecule has 6 nitrogen and oxygen atoms in total. The van der Waals surface area contributed by atoms with Crippen molar-refractivity contribution in [3.8, 4) is 17.2 Å². The molecule has 0 bridgehead atoms. The first-order valence-electron chi connectivity index (χ1n) is 8.47. The topological polar surface area (TPSA) is 74.2 Å². The summed E-state index contributed by atoms with van der Waals surface area (Å²) in [5, 5.41) is 9.83. The van der Waals surface area contributed by atoms with Crippen LogP contribution in [0.25, 0.3) is 6.08 Å². The van der Waals surface area contributed by atoms with E-state index in [-0.39, 0.29) is 6.61 Å². The summed E-state index contributed by atoms with van der Waals surface area (Å²) in [6.07, 6.45) is 1.24. The van der Waals surface area contributed by atoms with E-state index in [1.165, 1.54) is 0 Å². The number of ether oxygens (including phenoxy) is 4. The van der Waals surface area contributed by atoms with Crippen LogP contribution < -0.4 is 14.2 Å². The number of hydrogen-bond donors (Lipinski definition) is 1. The van der Waals surface area contributed by atoms with Crippen LogP contribution in [0.3, 0.4) is 0 Å². The minimum absolute atomic E-state index is 0.243. The maximum absolute atomic E-state index is 12.0. The Hall–Kier alpha value is -2.99. The summed E-state index contributed by atoms with van der Waals surface area (Å²) in [5.41, 5.74) is 2.31. The van der Waals surface area contributed by atoms with Gasteiger partial charge in [0.05, 0.1) is 27.9 Å². The molecule has 142 valence electrons. The van der Waals surface area contributed by atoms with E-state index in [1.807, 2.05) is 30.3 Å². The Morgan fingerprint density at radius 2 is 1.59 bits per heavy atom. The largest absolute Gasteiger partial charge is 0.497 e. The normalized spacial score (nSPS) is 20.5. The van der Waals surface area contributed by atoms with Crippen molar-refractivity contribution >= 4 is 12.0 Å². The second kappa shape index (κ2) is 8.14. The fourth-order valence-electron chi connectivity index (χ4n) is 3.18. The van der Waals surface area contributed by atoms with E-state index in [4.69, 9.17) is 18.9 Å². The lowest BCUT2D eigenvalue weighted by Crippen LogP contribution is -2.19. The Balaban J connectivity index is 1.94. The average molecular weight is 370 g/mol. The number of methoxy groups -OCH3 is 3. The number of hydrogen-bond acceptors (Lipinski definition) is 5. The molecule has 1 fully saturated rings. The summed E-state index contributed by atoms with van der Waals surface area (Å²) in [6, 6.07) is 12.7. The Kier molecular flexibility index (Phi) is 5.66. The van der Waals surface area contributed by atoms with Crippen LogP contribution in [-0.2, 0) is 9.53 Å². The zero-order chi connectivity index (χ0) is 19.4. The van der Waals surface area contributed by atoms with Gasteiger partial charge in [0.25, 0.3) is 0 Å². The van der Waals surface area contributed by atoms with Gasteiger partial charge in [0.15, 0.2) is 0 Å². The van der Waals surface area contributed by atoms with Gasteiger partial charge in [-0.2, -0.15) is 0 Å². The van der Waals surface area contributed by atoms with Crippen molar-refractivity contribution in [3.63, 3.8) is 0 Å². The molecule has 0 radical (unpaired) electrons. The molecule has 0 aliphatic carbocycles. The van der Waals surface area contributed by atoms with Crippen LogP contribution in [0.2, 0.25) is 0 Å². The Bertz CT molecular complexity index is 818. The minimum Gasteiger partial charge on any atom is -0.497 e. The molecule has 27 heavy (non-hydrogen) atoms. The Morgan fingerprint density at radius 1 is 1.00 bits per heavy atom. The second-order valence-corrected chi connectivity index (χ2v) is 6.19. The molecular formula is C21H22O6. The van der Waals surface area contributed by atoms with Gasteiger partial charge in [0.1, 0.15) is 29.3 Å². The van der Waals surface area contributed by atoms with E-state index in [9.17, 15) is 9.90 Å². The van der Waals surface area contributed by atoms with Crippen molar-refractivity contribution in [2.24, 2.45) is 5.92 Å². The molecule has 0 unspecified atom stereocenters. The maximum atomic E-state index is 12.0. The number of benzene rings is 2. The van der Waals surface area contributed by atoms with E-state index in [0.29, 0.717) is 22.6 Å². The molecule has 1 aliphatic heterocycles. The number of carbonyl (C=O) groups is 1. The third-order valence-electron chi connectivity index (χ3n) is 4.57. The SMILES string of the molecule is COc1ccc(/C=C2\CO[C@H](c3cc(OC)cc(OC)c3)[C@H]2C(=O)O)cc1. The number of carboxylic acid groups (broad SMARTS) is 1. The van der Waals surface area contributed by atoms with Gasteiger partial charge in [-0.15, -0.1) is 0 Å².